The number of aryl methyl sites for hydroxylation is 1. The van der Waals surface area contributed by atoms with Crippen LogP contribution in [0, 0.1) is 0 Å². The molecule has 0 radical (unpaired) electrons. The fraction of sp³-hybridized carbons (Fsp3) is 0.200. The number of hydrogen-bond donors (Lipinski definition) is 3. The standard InChI is InChI=1S/C20H20N6O2/c1-26-17(8-11-24-26)20(28)23-12-18(27)25-14-4-2-13(3-5-14)15-6-9-21-19-16(15)7-10-22-19/h2-6,8-9,11H,7,10,12H2,1H3,(H,21,22)(H,23,28)(H,25,27). The lowest BCUT2D eigenvalue weighted by molar-refractivity contribution is -0.115. The molecular weight excluding hydrogens is 356 g/mol. The van der Waals surface area contributed by atoms with Crippen LogP contribution in [0.25, 0.3) is 11.1 Å². The average molecular weight is 376 g/mol. The van der Waals surface area contributed by atoms with Crippen LogP contribution in [0.3, 0.4) is 0 Å². The monoisotopic (exact) mass is 376 g/mol. The first-order chi connectivity index (χ1) is 13.6. The number of benzene rings is 1. The topological polar surface area (TPSA) is 101 Å². The van der Waals surface area contributed by atoms with Crippen LogP contribution in [0.2, 0.25) is 0 Å². The van der Waals surface area contributed by atoms with Gasteiger partial charge in [0.2, 0.25) is 5.91 Å². The average Bonchev–Trinajstić information content (AvgIpc) is 3.35. The van der Waals surface area contributed by atoms with Crippen LogP contribution in [0.5, 0.6) is 0 Å². The second-order valence-electron chi connectivity index (χ2n) is 6.51. The van der Waals surface area contributed by atoms with E-state index in [1.54, 1.807) is 19.3 Å². The molecule has 0 bridgehead atoms. The molecule has 8 nitrogen and oxygen atoms in total. The third kappa shape index (κ3) is 3.57. The summed E-state index contributed by atoms with van der Waals surface area (Å²) in [6.45, 7) is 0.785. The quantitative estimate of drug-likeness (QED) is 0.631. The maximum absolute atomic E-state index is 12.1. The van der Waals surface area contributed by atoms with Crippen molar-refractivity contribution in [3.8, 4) is 11.1 Å². The molecule has 1 aliphatic rings. The molecule has 1 aromatic carbocycles. The predicted octanol–water partition coefficient (Wildman–Crippen LogP) is 1.82. The van der Waals surface area contributed by atoms with Gasteiger partial charge in [-0.25, -0.2) is 4.98 Å². The lowest BCUT2D eigenvalue weighted by atomic mass is 10.00. The smallest absolute Gasteiger partial charge is 0.269 e. The number of rotatable bonds is 5. The van der Waals surface area contributed by atoms with E-state index in [2.05, 4.69) is 26.0 Å². The van der Waals surface area contributed by atoms with Gasteiger partial charge in [-0.05, 0) is 41.8 Å². The minimum Gasteiger partial charge on any atom is -0.369 e. The van der Waals surface area contributed by atoms with E-state index in [0.29, 0.717) is 11.4 Å². The minimum absolute atomic E-state index is 0.116. The lowest BCUT2D eigenvalue weighted by Gasteiger charge is -2.10. The van der Waals surface area contributed by atoms with E-state index in [1.165, 1.54) is 16.4 Å². The van der Waals surface area contributed by atoms with E-state index >= 15 is 0 Å². The Kier molecular flexibility index (Phi) is 4.76. The number of carbonyl (C=O) groups is 2. The summed E-state index contributed by atoms with van der Waals surface area (Å²) in [5, 5.41) is 12.6. The number of carbonyl (C=O) groups excluding carboxylic acids is 2. The van der Waals surface area contributed by atoms with Crippen LogP contribution in [0.15, 0.2) is 48.8 Å². The zero-order valence-electron chi connectivity index (χ0n) is 15.4. The molecule has 0 aliphatic carbocycles. The van der Waals surface area contributed by atoms with Crippen LogP contribution < -0.4 is 16.0 Å². The Hall–Kier alpha value is -3.68. The van der Waals surface area contributed by atoms with Gasteiger partial charge >= 0.3 is 0 Å². The van der Waals surface area contributed by atoms with Gasteiger partial charge in [0, 0.05) is 37.2 Å². The van der Waals surface area contributed by atoms with Crippen LogP contribution in [-0.2, 0) is 18.3 Å². The molecule has 0 unspecified atom stereocenters. The number of hydrogen-bond acceptors (Lipinski definition) is 5. The lowest BCUT2D eigenvalue weighted by Crippen LogP contribution is -2.33. The Labute approximate surface area is 162 Å². The van der Waals surface area contributed by atoms with E-state index in [0.717, 1.165) is 29.9 Å². The first kappa shape index (κ1) is 17.7. The van der Waals surface area contributed by atoms with Crippen LogP contribution in [-0.4, -0.2) is 39.7 Å². The molecule has 0 atom stereocenters. The number of amides is 2. The second kappa shape index (κ2) is 7.51. The summed E-state index contributed by atoms with van der Waals surface area (Å²) in [6.07, 6.45) is 4.28. The van der Waals surface area contributed by atoms with Crippen molar-refractivity contribution in [2.75, 3.05) is 23.7 Å². The van der Waals surface area contributed by atoms with Crippen molar-refractivity contribution in [3.63, 3.8) is 0 Å². The SMILES string of the molecule is Cn1nccc1C(=O)NCC(=O)Nc1ccc(-c2ccnc3c2CCN3)cc1. The van der Waals surface area contributed by atoms with E-state index < -0.39 is 0 Å². The molecule has 0 spiro atoms. The molecule has 3 aromatic rings. The molecule has 0 saturated heterocycles. The molecule has 1 aliphatic heterocycles. The number of anilines is 2. The highest BCUT2D eigenvalue weighted by Gasteiger charge is 2.16. The van der Waals surface area contributed by atoms with E-state index in [-0.39, 0.29) is 18.4 Å². The van der Waals surface area contributed by atoms with Crippen LogP contribution in [0.1, 0.15) is 16.1 Å². The van der Waals surface area contributed by atoms with Gasteiger partial charge in [0.25, 0.3) is 5.91 Å². The summed E-state index contributed by atoms with van der Waals surface area (Å²) in [4.78, 5) is 28.5. The van der Waals surface area contributed by atoms with Crippen molar-refractivity contribution in [1.29, 1.82) is 0 Å². The number of nitrogens with one attached hydrogen (secondary N) is 3. The van der Waals surface area contributed by atoms with Gasteiger partial charge in [0.15, 0.2) is 0 Å². The minimum atomic E-state index is -0.342. The van der Waals surface area contributed by atoms with Gasteiger partial charge in [0.1, 0.15) is 11.5 Å². The maximum Gasteiger partial charge on any atom is 0.269 e. The van der Waals surface area contributed by atoms with E-state index in [1.807, 2.05) is 30.3 Å². The normalized spacial score (nSPS) is 12.2. The van der Waals surface area contributed by atoms with Crippen molar-refractivity contribution in [2.24, 2.45) is 7.05 Å². The van der Waals surface area contributed by atoms with Crippen molar-refractivity contribution in [1.82, 2.24) is 20.1 Å². The molecule has 0 saturated carbocycles. The molecule has 2 aromatic heterocycles. The van der Waals surface area contributed by atoms with Crippen molar-refractivity contribution in [3.05, 3.63) is 60.0 Å². The zero-order chi connectivity index (χ0) is 19.5. The maximum atomic E-state index is 12.1. The third-order valence-corrected chi connectivity index (χ3v) is 4.67. The van der Waals surface area contributed by atoms with Crippen LogP contribution >= 0.6 is 0 Å². The highest BCUT2D eigenvalue weighted by molar-refractivity contribution is 5.98. The summed E-state index contributed by atoms with van der Waals surface area (Å²) in [6, 6.07) is 11.2. The Morgan fingerprint density at radius 2 is 1.96 bits per heavy atom. The summed E-state index contributed by atoms with van der Waals surface area (Å²) >= 11 is 0. The number of aromatic nitrogens is 3. The Balaban J connectivity index is 1.37. The second-order valence-corrected chi connectivity index (χ2v) is 6.51. The van der Waals surface area contributed by atoms with E-state index in [4.69, 9.17) is 0 Å². The van der Waals surface area contributed by atoms with Crippen molar-refractivity contribution >= 4 is 23.3 Å². The first-order valence-electron chi connectivity index (χ1n) is 9.00. The largest absolute Gasteiger partial charge is 0.369 e. The molecule has 3 N–H and O–H groups in total. The fourth-order valence-electron chi connectivity index (χ4n) is 3.26. The summed E-state index contributed by atoms with van der Waals surface area (Å²) in [5.41, 5.74) is 4.52. The molecule has 8 heteroatoms. The number of fused-ring (bicyclic) bond motifs is 1. The Morgan fingerprint density at radius 1 is 1.14 bits per heavy atom. The molecule has 4 rings (SSSR count). The van der Waals surface area contributed by atoms with Crippen LogP contribution in [0.4, 0.5) is 11.5 Å². The Morgan fingerprint density at radius 3 is 2.71 bits per heavy atom. The number of pyridine rings is 1. The third-order valence-electron chi connectivity index (χ3n) is 4.67. The van der Waals surface area contributed by atoms with Gasteiger partial charge in [-0.1, -0.05) is 12.1 Å². The molecule has 142 valence electrons. The van der Waals surface area contributed by atoms with Crippen molar-refractivity contribution < 1.29 is 9.59 Å². The highest BCUT2D eigenvalue weighted by atomic mass is 16.2. The summed E-state index contributed by atoms with van der Waals surface area (Å²) in [5.74, 6) is 0.307. The van der Waals surface area contributed by atoms with Gasteiger partial charge < -0.3 is 16.0 Å². The zero-order valence-corrected chi connectivity index (χ0v) is 15.4. The first-order valence-corrected chi connectivity index (χ1v) is 9.00. The molecule has 28 heavy (non-hydrogen) atoms. The van der Waals surface area contributed by atoms with Gasteiger partial charge in [-0.15, -0.1) is 0 Å². The van der Waals surface area contributed by atoms with Gasteiger partial charge in [0.05, 0.1) is 6.54 Å². The molecular formula is C20H20N6O2. The molecule has 2 amide bonds. The molecule has 3 heterocycles. The fourth-order valence-corrected chi connectivity index (χ4v) is 3.26. The predicted molar refractivity (Wildman–Crippen MR) is 106 cm³/mol. The van der Waals surface area contributed by atoms with Crippen molar-refractivity contribution in [2.45, 2.75) is 6.42 Å². The van der Waals surface area contributed by atoms with E-state index in [9.17, 15) is 9.59 Å². The van der Waals surface area contributed by atoms with Gasteiger partial charge in [-0.3, -0.25) is 14.3 Å². The number of nitrogens with zero attached hydrogens (tertiary/aromatic N) is 3. The summed E-state index contributed by atoms with van der Waals surface area (Å²) in [7, 11) is 1.67. The summed E-state index contributed by atoms with van der Waals surface area (Å²) < 4.78 is 1.46. The highest BCUT2D eigenvalue weighted by Crippen LogP contribution is 2.31. The Bertz CT molecular complexity index is 1030. The van der Waals surface area contributed by atoms with Gasteiger partial charge in [-0.2, -0.15) is 5.10 Å². The molecule has 0 fully saturated rings.